The topological polar surface area (TPSA) is 127 Å². The Morgan fingerprint density at radius 1 is 1.12 bits per heavy atom. The van der Waals surface area contributed by atoms with Gasteiger partial charge in [0.05, 0.1) is 17.5 Å². The molecule has 1 amide bonds. The molecule has 0 bridgehead atoms. The first-order chi connectivity index (χ1) is 15.6. The van der Waals surface area contributed by atoms with Crippen molar-refractivity contribution in [3.05, 3.63) is 35.8 Å². The number of nitrogens with one attached hydrogen (secondary N) is 2. The molecule has 0 spiro atoms. The Kier molecular flexibility index (Phi) is 5.24. The summed E-state index contributed by atoms with van der Waals surface area (Å²) in [4.78, 5) is 32.4. The highest BCUT2D eigenvalue weighted by atomic mass is 16.1. The van der Waals surface area contributed by atoms with E-state index in [1.54, 1.807) is 12.4 Å². The first-order valence-corrected chi connectivity index (χ1v) is 11.1. The minimum atomic E-state index is 0.0229. The van der Waals surface area contributed by atoms with Gasteiger partial charge in [-0.2, -0.15) is 9.61 Å². The lowest BCUT2D eigenvalue weighted by molar-refractivity contribution is -0.110. The summed E-state index contributed by atoms with van der Waals surface area (Å²) in [5.74, 6) is 1.55. The smallest absolute Gasteiger partial charge is 0.207 e. The van der Waals surface area contributed by atoms with Crippen molar-refractivity contribution < 1.29 is 9.59 Å². The SMILES string of the molecule is CC1CC(NC=O)CC(c2nc3c(-c4ccc(NC5CC5)nc4)cnn3c(N)c2C=O)C1. The van der Waals surface area contributed by atoms with Gasteiger partial charge in [-0.15, -0.1) is 0 Å². The average molecular weight is 434 g/mol. The van der Waals surface area contributed by atoms with Gasteiger partial charge in [0.15, 0.2) is 11.9 Å². The lowest BCUT2D eigenvalue weighted by Gasteiger charge is -2.33. The molecule has 0 radical (unpaired) electrons. The standard InChI is InChI=1S/C23H27N7O2/c1-13-6-15(8-17(7-13)26-12-32)21-19(11-31)22(24)30-23(29-21)18(10-27-30)14-2-5-20(25-9-14)28-16-3-4-16/h2,5,9-13,15-17H,3-4,6-8,24H2,1H3,(H,25,28)(H,26,32). The van der Waals surface area contributed by atoms with E-state index in [1.165, 1.54) is 17.4 Å². The van der Waals surface area contributed by atoms with Crippen LogP contribution >= 0.6 is 0 Å². The van der Waals surface area contributed by atoms with Crippen molar-refractivity contribution in [3.8, 4) is 11.1 Å². The molecule has 0 saturated heterocycles. The molecule has 5 rings (SSSR count). The van der Waals surface area contributed by atoms with Gasteiger partial charge in [-0.05, 0) is 50.2 Å². The zero-order valence-electron chi connectivity index (χ0n) is 18.0. The van der Waals surface area contributed by atoms with E-state index in [4.69, 9.17) is 10.7 Å². The van der Waals surface area contributed by atoms with Crippen LogP contribution in [0.3, 0.4) is 0 Å². The largest absolute Gasteiger partial charge is 0.383 e. The summed E-state index contributed by atoms with van der Waals surface area (Å²) in [7, 11) is 0. The van der Waals surface area contributed by atoms with E-state index < -0.39 is 0 Å². The minimum Gasteiger partial charge on any atom is -0.383 e. The molecule has 2 aliphatic carbocycles. The predicted octanol–water partition coefficient (Wildman–Crippen LogP) is 2.78. The Morgan fingerprint density at radius 2 is 1.97 bits per heavy atom. The Hall–Kier alpha value is -3.49. The molecule has 0 aromatic carbocycles. The van der Waals surface area contributed by atoms with Crippen molar-refractivity contribution in [1.82, 2.24) is 24.9 Å². The second kappa shape index (κ2) is 8.22. The molecule has 2 aliphatic rings. The Morgan fingerprint density at radius 3 is 2.66 bits per heavy atom. The third-order valence-electron chi connectivity index (χ3n) is 6.51. The van der Waals surface area contributed by atoms with Crippen LogP contribution in [0.2, 0.25) is 0 Å². The van der Waals surface area contributed by atoms with Gasteiger partial charge in [0, 0.05) is 35.3 Å². The van der Waals surface area contributed by atoms with E-state index in [2.05, 4.69) is 27.6 Å². The lowest BCUT2D eigenvalue weighted by atomic mass is 9.77. The zero-order chi connectivity index (χ0) is 22.2. The highest BCUT2D eigenvalue weighted by Crippen LogP contribution is 2.38. The Labute approximate surface area is 185 Å². The number of hydrogen-bond acceptors (Lipinski definition) is 7. The highest BCUT2D eigenvalue weighted by Gasteiger charge is 2.31. The van der Waals surface area contributed by atoms with Crippen LogP contribution in [0.25, 0.3) is 16.8 Å². The van der Waals surface area contributed by atoms with Crippen LogP contribution in [-0.4, -0.2) is 44.4 Å². The number of aldehydes is 1. The molecule has 9 heteroatoms. The maximum Gasteiger partial charge on any atom is 0.207 e. The van der Waals surface area contributed by atoms with E-state index in [1.807, 2.05) is 12.1 Å². The molecule has 166 valence electrons. The molecule has 2 saturated carbocycles. The normalized spacial score (nSPS) is 23.1. The van der Waals surface area contributed by atoms with Gasteiger partial charge < -0.3 is 16.4 Å². The number of aromatic nitrogens is 4. The van der Waals surface area contributed by atoms with Crippen molar-refractivity contribution in [2.24, 2.45) is 5.92 Å². The maximum absolute atomic E-state index is 12.0. The molecule has 3 aromatic rings. The van der Waals surface area contributed by atoms with Crippen LogP contribution in [0.15, 0.2) is 24.5 Å². The third-order valence-corrected chi connectivity index (χ3v) is 6.51. The second-order valence-corrected chi connectivity index (χ2v) is 9.05. The van der Waals surface area contributed by atoms with Crippen molar-refractivity contribution in [2.75, 3.05) is 11.1 Å². The van der Waals surface area contributed by atoms with E-state index >= 15 is 0 Å². The second-order valence-electron chi connectivity index (χ2n) is 9.05. The summed E-state index contributed by atoms with van der Waals surface area (Å²) >= 11 is 0. The van der Waals surface area contributed by atoms with E-state index in [-0.39, 0.29) is 17.8 Å². The van der Waals surface area contributed by atoms with Crippen LogP contribution < -0.4 is 16.4 Å². The Bertz CT molecular complexity index is 1150. The van der Waals surface area contributed by atoms with Crippen LogP contribution in [-0.2, 0) is 4.79 Å². The van der Waals surface area contributed by atoms with Crippen molar-refractivity contribution in [3.63, 3.8) is 0 Å². The number of nitrogen functional groups attached to an aromatic ring is 1. The number of pyridine rings is 1. The molecule has 3 heterocycles. The van der Waals surface area contributed by atoms with Gasteiger partial charge in [-0.25, -0.2) is 9.97 Å². The predicted molar refractivity (Wildman–Crippen MR) is 121 cm³/mol. The average Bonchev–Trinajstić information content (AvgIpc) is 3.49. The minimum absolute atomic E-state index is 0.0229. The maximum atomic E-state index is 12.0. The molecule has 3 unspecified atom stereocenters. The number of rotatable bonds is 7. The molecule has 3 atom stereocenters. The molecular formula is C23H27N7O2. The molecule has 9 nitrogen and oxygen atoms in total. The van der Waals surface area contributed by atoms with Crippen LogP contribution in [0.5, 0.6) is 0 Å². The Balaban J connectivity index is 1.55. The summed E-state index contributed by atoms with van der Waals surface area (Å²) in [6, 6.07) is 4.54. The number of hydrogen-bond donors (Lipinski definition) is 3. The first-order valence-electron chi connectivity index (χ1n) is 11.1. The number of nitrogens with two attached hydrogens (primary N) is 1. The van der Waals surface area contributed by atoms with Gasteiger partial charge in [-0.3, -0.25) is 9.59 Å². The fourth-order valence-corrected chi connectivity index (χ4v) is 4.82. The third kappa shape index (κ3) is 3.79. The van der Waals surface area contributed by atoms with Crippen molar-refractivity contribution in [1.29, 1.82) is 0 Å². The molecule has 2 fully saturated rings. The number of nitrogens with zero attached hydrogens (tertiary/aromatic N) is 4. The van der Waals surface area contributed by atoms with Gasteiger partial charge in [0.1, 0.15) is 11.6 Å². The monoisotopic (exact) mass is 433 g/mol. The summed E-state index contributed by atoms with van der Waals surface area (Å²) in [5.41, 5.74) is 9.72. The number of anilines is 2. The van der Waals surface area contributed by atoms with E-state index in [9.17, 15) is 9.59 Å². The molecule has 4 N–H and O–H groups in total. The zero-order valence-corrected chi connectivity index (χ0v) is 18.0. The van der Waals surface area contributed by atoms with Gasteiger partial charge in [0.2, 0.25) is 6.41 Å². The lowest BCUT2D eigenvalue weighted by Crippen LogP contribution is -2.36. The summed E-state index contributed by atoms with van der Waals surface area (Å²) in [6.45, 7) is 2.15. The summed E-state index contributed by atoms with van der Waals surface area (Å²) in [5, 5.41) is 10.7. The van der Waals surface area contributed by atoms with Gasteiger partial charge >= 0.3 is 0 Å². The number of carbonyl (C=O) groups excluding carboxylic acids is 2. The molecular weight excluding hydrogens is 406 g/mol. The quantitative estimate of drug-likeness (QED) is 0.489. The van der Waals surface area contributed by atoms with Crippen molar-refractivity contribution >= 4 is 30.0 Å². The fourth-order valence-electron chi connectivity index (χ4n) is 4.82. The summed E-state index contributed by atoms with van der Waals surface area (Å²) in [6.07, 6.45) is 9.91. The van der Waals surface area contributed by atoms with E-state index in [0.717, 1.165) is 48.9 Å². The van der Waals surface area contributed by atoms with Crippen LogP contribution in [0.1, 0.15) is 61.0 Å². The van der Waals surface area contributed by atoms with Crippen LogP contribution in [0, 0.1) is 5.92 Å². The van der Waals surface area contributed by atoms with Crippen molar-refractivity contribution in [2.45, 2.75) is 57.0 Å². The number of carbonyl (C=O) groups is 2. The molecule has 3 aromatic heterocycles. The summed E-state index contributed by atoms with van der Waals surface area (Å²) < 4.78 is 1.52. The van der Waals surface area contributed by atoms with Gasteiger partial charge in [0.25, 0.3) is 0 Å². The first kappa shape index (κ1) is 20.4. The molecule has 0 aliphatic heterocycles. The molecule has 32 heavy (non-hydrogen) atoms. The number of fused-ring (bicyclic) bond motifs is 1. The number of amides is 1. The van der Waals surface area contributed by atoms with Crippen LogP contribution in [0.4, 0.5) is 11.6 Å². The van der Waals surface area contributed by atoms with Gasteiger partial charge in [-0.1, -0.05) is 6.92 Å². The fraction of sp³-hybridized carbons (Fsp3) is 0.435. The van der Waals surface area contributed by atoms with E-state index in [0.29, 0.717) is 28.9 Å². The highest BCUT2D eigenvalue weighted by molar-refractivity contribution is 5.87.